The van der Waals surface area contributed by atoms with Gasteiger partial charge in [-0.3, -0.25) is 0 Å². The van der Waals surface area contributed by atoms with E-state index >= 15 is 0 Å². The van der Waals surface area contributed by atoms with Crippen LogP contribution in [0.1, 0.15) is 54.9 Å². The normalized spacial score (nSPS) is 15.3. The smallest absolute Gasteiger partial charge is 0.407 e. The van der Waals surface area contributed by atoms with E-state index in [0.717, 1.165) is 0 Å². The molecule has 0 bridgehead atoms. The fourth-order valence-corrected chi connectivity index (χ4v) is 1.78. The van der Waals surface area contributed by atoms with Crippen molar-refractivity contribution >= 4 is 6.09 Å². The summed E-state index contributed by atoms with van der Waals surface area (Å²) in [6, 6.07) is -0.0121. The summed E-state index contributed by atoms with van der Waals surface area (Å²) in [5, 5.41) is 16.2. The Kier molecular flexibility index (Phi) is 8.13. The van der Waals surface area contributed by atoms with Crippen LogP contribution in [0.4, 0.5) is 4.79 Å². The van der Waals surface area contributed by atoms with Crippen molar-refractivity contribution in [2.45, 2.75) is 78.7 Å². The fraction of sp³-hybridized carbons (Fsp3) is 0.933. The summed E-state index contributed by atoms with van der Waals surface area (Å²) >= 11 is 0. The van der Waals surface area contributed by atoms with Crippen molar-refractivity contribution in [3.05, 3.63) is 0 Å². The Morgan fingerprint density at radius 1 is 1.20 bits per heavy atom. The molecule has 0 aromatic rings. The lowest BCUT2D eigenvalue weighted by atomic mass is 9.99. The predicted molar refractivity (Wildman–Crippen MR) is 81.8 cm³/mol. The number of nitrogens with one attached hydrogen (secondary N) is 2. The van der Waals surface area contributed by atoms with Gasteiger partial charge in [0.1, 0.15) is 5.60 Å². The van der Waals surface area contributed by atoms with Crippen LogP contribution in [0.2, 0.25) is 0 Å². The van der Waals surface area contributed by atoms with Gasteiger partial charge >= 0.3 is 6.09 Å². The molecule has 0 heterocycles. The summed E-state index contributed by atoms with van der Waals surface area (Å²) in [5.74, 6) is 0.378. The number of amides is 1. The molecule has 0 aliphatic rings. The van der Waals surface area contributed by atoms with Gasteiger partial charge in [-0.05, 0) is 33.1 Å². The largest absolute Gasteiger partial charge is 0.444 e. The van der Waals surface area contributed by atoms with E-state index in [0.29, 0.717) is 24.9 Å². The number of ether oxygens (including phenoxy) is 1. The van der Waals surface area contributed by atoms with E-state index in [1.807, 2.05) is 34.6 Å². The first-order chi connectivity index (χ1) is 9.01. The Morgan fingerprint density at radius 3 is 2.15 bits per heavy atom. The van der Waals surface area contributed by atoms with Gasteiger partial charge in [0.2, 0.25) is 0 Å². The highest BCUT2D eigenvalue weighted by Crippen LogP contribution is 2.11. The Bertz CT molecular complexity index is 285. The van der Waals surface area contributed by atoms with Crippen LogP contribution >= 0.6 is 0 Å². The van der Waals surface area contributed by atoms with Gasteiger partial charge in [-0.15, -0.1) is 0 Å². The molecule has 0 fully saturated rings. The summed E-state index contributed by atoms with van der Waals surface area (Å²) in [4.78, 5) is 11.8. The zero-order chi connectivity index (χ0) is 15.9. The van der Waals surface area contributed by atoms with Crippen LogP contribution in [0, 0.1) is 5.92 Å². The number of aliphatic hydroxyl groups is 1. The van der Waals surface area contributed by atoms with Crippen molar-refractivity contribution in [2.75, 3.05) is 6.54 Å². The van der Waals surface area contributed by atoms with E-state index in [-0.39, 0.29) is 6.04 Å². The van der Waals surface area contributed by atoms with Gasteiger partial charge in [0.15, 0.2) is 0 Å². The molecule has 1 amide bonds. The summed E-state index contributed by atoms with van der Waals surface area (Å²) in [6.07, 6.45) is -0.403. The first kappa shape index (κ1) is 19.2. The minimum absolute atomic E-state index is 0.297. The molecular formula is C15H32N2O3. The van der Waals surface area contributed by atoms with Crippen LogP contribution < -0.4 is 10.6 Å². The lowest BCUT2D eigenvalue weighted by molar-refractivity contribution is 0.0402. The molecule has 5 heteroatoms. The van der Waals surface area contributed by atoms with Gasteiger partial charge in [0.05, 0.1) is 12.1 Å². The average Bonchev–Trinajstić information content (AvgIpc) is 2.21. The van der Waals surface area contributed by atoms with Gasteiger partial charge in [0.25, 0.3) is 0 Å². The second kappa shape index (κ2) is 8.47. The molecular weight excluding hydrogens is 256 g/mol. The molecule has 0 radical (unpaired) electrons. The van der Waals surface area contributed by atoms with Crippen molar-refractivity contribution in [2.24, 2.45) is 5.92 Å². The molecule has 2 atom stereocenters. The van der Waals surface area contributed by atoms with Crippen molar-refractivity contribution in [1.82, 2.24) is 10.6 Å². The van der Waals surface area contributed by atoms with E-state index in [1.165, 1.54) is 0 Å². The first-order valence-corrected chi connectivity index (χ1v) is 7.42. The molecule has 3 N–H and O–H groups in total. The van der Waals surface area contributed by atoms with Crippen molar-refractivity contribution in [3.63, 3.8) is 0 Å². The maximum Gasteiger partial charge on any atom is 0.407 e. The maximum absolute atomic E-state index is 11.8. The third-order valence-corrected chi connectivity index (χ3v) is 2.63. The van der Waals surface area contributed by atoms with Crippen LogP contribution in [-0.2, 0) is 4.74 Å². The molecule has 5 nitrogen and oxygen atoms in total. The second-order valence-corrected chi connectivity index (χ2v) is 7.01. The quantitative estimate of drug-likeness (QED) is 0.672. The third kappa shape index (κ3) is 10.0. The molecule has 0 aliphatic heterocycles. The maximum atomic E-state index is 11.8. The van der Waals surface area contributed by atoms with E-state index < -0.39 is 17.8 Å². The molecule has 0 aromatic heterocycles. The van der Waals surface area contributed by atoms with Gasteiger partial charge in [-0.1, -0.05) is 27.7 Å². The number of rotatable bonds is 7. The molecule has 20 heavy (non-hydrogen) atoms. The van der Waals surface area contributed by atoms with Crippen molar-refractivity contribution in [1.29, 1.82) is 0 Å². The van der Waals surface area contributed by atoms with Gasteiger partial charge < -0.3 is 20.5 Å². The van der Waals surface area contributed by atoms with Gasteiger partial charge in [-0.2, -0.15) is 0 Å². The summed E-state index contributed by atoms with van der Waals surface area (Å²) in [5.41, 5.74) is -0.534. The Morgan fingerprint density at radius 2 is 1.75 bits per heavy atom. The number of aliphatic hydroxyl groups excluding tert-OH is 1. The minimum atomic E-state index is -0.632. The summed E-state index contributed by atoms with van der Waals surface area (Å²) < 4.78 is 5.24. The topological polar surface area (TPSA) is 70.6 Å². The van der Waals surface area contributed by atoms with Crippen molar-refractivity contribution in [3.8, 4) is 0 Å². The van der Waals surface area contributed by atoms with E-state index in [1.54, 1.807) is 0 Å². The Balaban J connectivity index is 4.51. The molecule has 0 aromatic carbocycles. The standard InChI is InChI=1S/C15H32N2O3/c1-10(2)8-12(13(18)9-16-11(3)4)17-14(19)20-15(5,6)7/h10-13,16,18H,8-9H2,1-7H3,(H,17,19)/t12-,13+/m0/s1. The second-order valence-electron chi connectivity index (χ2n) is 7.01. The molecule has 120 valence electrons. The van der Waals surface area contributed by atoms with Crippen LogP contribution in [0.3, 0.4) is 0 Å². The highest BCUT2D eigenvalue weighted by atomic mass is 16.6. The van der Waals surface area contributed by atoms with Gasteiger partial charge in [-0.25, -0.2) is 4.79 Å². The monoisotopic (exact) mass is 288 g/mol. The highest BCUT2D eigenvalue weighted by Gasteiger charge is 2.25. The number of carbonyl (C=O) groups is 1. The molecule has 0 aliphatic carbocycles. The number of hydrogen-bond acceptors (Lipinski definition) is 4. The fourth-order valence-electron chi connectivity index (χ4n) is 1.78. The summed E-state index contributed by atoms with van der Waals surface area (Å²) in [6.45, 7) is 14.1. The van der Waals surface area contributed by atoms with E-state index in [4.69, 9.17) is 4.74 Å². The first-order valence-electron chi connectivity index (χ1n) is 7.42. The lowest BCUT2D eigenvalue weighted by Crippen LogP contribution is -2.50. The zero-order valence-electron chi connectivity index (χ0n) is 14.0. The minimum Gasteiger partial charge on any atom is -0.444 e. The molecule has 0 spiro atoms. The van der Waals surface area contributed by atoms with E-state index in [9.17, 15) is 9.90 Å². The van der Waals surface area contributed by atoms with Crippen molar-refractivity contribution < 1.29 is 14.6 Å². The predicted octanol–water partition coefficient (Wildman–Crippen LogP) is 2.28. The van der Waals surface area contributed by atoms with E-state index in [2.05, 4.69) is 24.5 Å². The van der Waals surface area contributed by atoms with Crippen LogP contribution in [0.25, 0.3) is 0 Å². The number of hydrogen-bond donors (Lipinski definition) is 3. The highest BCUT2D eigenvalue weighted by molar-refractivity contribution is 5.68. The lowest BCUT2D eigenvalue weighted by Gasteiger charge is -2.28. The summed E-state index contributed by atoms with van der Waals surface area (Å²) in [7, 11) is 0. The molecule has 0 unspecified atom stereocenters. The Labute approximate surface area is 123 Å². The molecule has 0 saturated heterocycles. The van der Waals surface area contributed by atoms with Crippen LogP contribution in [-0.4, -0.2) is 41.5 Å². The Hall–Kier alpha value is -0.810. The SMILES string of the molecule is CC(C)C[C@H](NC(=O)OC(C)(C)C)[C@H](O)CNC(C)C. The number of carbonyl (C=O) groups excluding carboxylic acids is 1. The van der Waals surface area contributed by atoms with Gasteiger partial charge in [0, 0.05) is 12.6 Å². The third-order valence-electron chi connectivity index (χ3n) is 2.63. The van der Waals surface area contributed by atoms with Crippen LogP contribution in [0.15, 0.2) is 0 Å². The number of alkyl carbamates (subject to hydrolysis) is 1. The average molecular weight is 288 g/mol. The molecule has 0 rings (SSSR count). The molecule has 0 saturated carbocycles. The zero-order valence-corrected chi connectivity index (χ0v) is 14.0. The van der Waals surface area contributed by atoms with Crippen LogP contribution in [0.5, 0.6) is 0 Å².